The van der Waals surface area contributed by atoms with E-state index >= 15 is 0 Å². The number of carbonyl (C=O) groups excluding carboxylic acids is 1. The van der Waals surface area contributed by atoms with Crippen molar-refractivity contribution in [1.29, 1.82) is 0 Å². The number of amides is 1. The van der Waals surface area contributed by atoms with Crippen LogP contribution in [0.5, 0.6) is 0 Å². The maximum atomic E-state index is 12.7. The highest BCUT2D eigenvalue weighted by Crippen LogP contribution is 2.30. The molecule has 0 saturated carbocycles. The highest BCUT2D eigenvalue weighted by Gasteiger charge is 2.23. The number of benzene rings is 2. The number of nitrogens with one attached hydrogen (secondary N) is 1. The van der Waals surface area contributed by atoms with Gasteiger partial charge in [0.2, 0.25) is 15.9 Å². The largest absolute Gasteiger partial charge is 0.325 e. The molecule has 1 atom stereocenters. The summed E-state index contributed by atoms with van der Waals surface area (Å²) in [7, 11) is 0.964. The van der Waals surface area contributed by atoms with Crippen molar-refractivity contribution in [3.05, 3.63) is 46.4 Å². The van der Waals surface area contributed by atoms with E-state index in [9.17, 15) is 13.2 Å². The van der Waals surface area contributed by atoms with E-state index in [4.69, 9.17) is 23.2 Å². The van der Waals surface area contributed by atoms with E-state index in [1.165, 1.54) is 38.0 Å². The average Bonchev–Trinajstić information content (AvgIpc) is 2.97. The first-order chi connectivity index (χ1) is 14.0. The van der Waals surface area contributed by atoms with Gasteiger partial charge in [-0.2, -0.15) is 0 Å². The molecule has 0 aliphatic carbocycles. The zero-order valence-corrected chi connectivity index (χ0v) is 19.8. The molecule has 1 amide bonds. The van der Waals surface area contributed by atoms with Crippen LogP contribution >= 0.6 is 35.0 Å². The summed E-state index contributed by atoms with van der Waals surface area (Å²) in [5.74, 6) is -0.291. The molecule has 2 aromatic carbocycles. The van der Waals surface area contributed by atoms with E-state index in [-0.39, 0.29) is 15.8 Å². The summed E-state index contributed by atoms with van der Waals surface area (Å²) < 4.78 is 27.8. The van der Waals surface area contributed by atoms with E-state index in [0.717, 1.165) is 15.3 Å². The van der Waals surface area contributed by atoms with Crippen LogP contribution in [0.4, 0.5) is 5.69 Å². The maximum absolute atomic E-state index is 12.7. The summed E-state index contributed by atoms with van der Waals surface area (Å²) in [5.41, 5.74) is 2.00. The van der Waals surface area contributed by atoms with Gasteiger partial charge in [-0.15, -0.1) is 0 Å². The van der Waals surface area contributed by atoms with Gasteiger partial charge >= 0.3 is 0 Å². The number of nitrogens with zero attached hydrogens (tertiary/aromatic N) is 3. The van der Waals surface area contributed by atoms with Crippen LogP contribution in [-0.2, 0) is 21.9 Å². The number of fused-ring (bicyclic) bond motifs is 1. The molecule has 3 aromatic rings. The number of rotatable bonds is 6. The quantitative estimate of drug-likeness (QED) is 0.526. The third kappa shape index (κ3) is 4.60. The molecule has 1 N–H and O–H groups in total. The molecule has 7 nitrogen and oxygen atoms in total. The van der Waals surface area contributed by atoms with Crippen molar-refractivity contribution < 1.29 is 13.2 Å². The molecule has 0 aliphatic heterocycles. The van der Waals surface area contributed by atoms with E-state index < -0.39 is 15.3 Å². The van der Waals surface area contributed by atoms with Crippen molar-refractivity contribution in [2.75, 3.05) is 19.4 Å². The summed E-state index contributed by atoms with van der Waals surface area (Å²) in [6.07, 6.45) is 0. The van der Waals surface area contributed by atoms with E-state index in [0.29, 0.717) is 15.9 Å². The Bertz CT molecular complexity index is 1230. The van der Waals surface area contributed by atoms with Gasteiger partial charge in [-0.1, -0.05) is 35.0 Å². The lowest BCUT2D eigenvalue weighted by Crippen LogP contribution is -2.24. The minimum atomic E-state index is -3.74. The molecule has 30 heavy (non-hydrogen) atoms. The van der Waals surface area contributed by atoms with Gasteiger partial charge in [-0.25, -0.2) is 17.7 Å². The van der Waals surface area contributed by atoms with Crippen LogP contribution in [0.2, 0.25) is 10.0 Å². The SMILES string of the molecule is CC(Sc1nc2cc(Cl)ccc2n1C)C(=O)Nc1ccc(Cl)c(S(=O)(=O)N(C)C)c1. The molecule has 0 bridgehead atoms. The fraction of sp³-hybridized carbons (Fsp3) is 0.263. The Labute approximate surface area is 189 Å². The Morgan fingerprint density at radius 3 is 2.57 bits per heavy atom. The second-order valence-corrected chi connectivity index (χ2v) is 11.0. The number of sulfonamides is 1. The predicted octanol–water partition coefficient (Wildman–Crippen LogP) is 4.25. The van der Waals surface area contributed by atoms with Crippen LogP contribution in [0.25, 0.3) is 11.0 Å². The van der Waals surface area contributed by atoms with Crippen molar-refractivity contribution in [2.45, 2.75) is 22.2 Å². The lowest BCUT2D eigenvalue weighted by molar-refractivity contribution is -0.115. The number of carbonyl (C=O) groups is 1. The number of halogens is 2. The third-order valence-corrected chi connectivity index (χ3v) is 8.09. The highest BCUT2D eigenvalue weighted by molar-refractivity contribution is 8.00. The minimum absolute atomic E-state index is 0.0699. The maximum Gasteiger partial charge on any atom is 0.244 e. The monoisotopic (exact) mass is 486 g/mol. The van der Waals surface area contributed by atoms with Crippen LogP contribution in [0, 0.1) is 0 Å². The van der Waals surface area contributed by atoms with Crippen LogP contribution in [0.15, 0.2) is 46.5 Å². The Hall–Kier alpha value is -1.78. The molecule has 0 spiro atoms. The molecule has 0 fully saturated rings. The lowest BCUT2D eigenvalue weighted by atomic mass is 10.3. The average molecular weight is 487 g/mol. The molecule has 0 saturated heterocycles. The van der Waals surface area contributed by atoms with Gasteiger partial charge in [0, 0.05) is 31.9 Å². The zero-order valence-electron chi connectivity index (χ0n) is 16.7. The number of hydrogen-bond acceptors (Lipinski definition) is 5. The summed E-state index contributed by atoms with van der Waals surface area (Å²) in [6.45, 7) is 1.75. The van der Waals surface area contributed by atoms with Gasteiger partial charge < -0.3 is 9.88 Å². The standard InChI is InChI=1S/C19H20Cl2N4O3S2/c1-11(29-19-23-15-9-12(20)5-8-16(15)25(19)4)18(26)22-13-6-7-14(21)17(10-13)30(27,28)24(2)3/h5-11H,1-4H3,(H,22,26). The van der Waals surface area contributed by atoms with Crippen LogP contribution in [-0.4, -0.2) is 47.5 Å². The van der Waals surface area contributed by atoms with Gasteiger partial charge in [-0.3, -0.25) is 4.79 Å². The van der Waals surface area contributed by atoms with Crippen LogP contribution < -0.4 is 5.32 Å². The van der Waals surface area contributed by atoms with Crippen molar-refractivity contribution in [3.8, 4) is 0 Å². The van der Waals surface area contributed by atoms with Gasteiger partial charge in [0.15, 0.2) is 5.16 Å². The Morgan fingerprint density at radius 1 is 1.20 bits per heavy atom. The Balaban J connectivity index is 1.79. The van der Waals surface area contributed by atoms with E-state index in [2.05, 4.69) is 10.3 Å². The van der Waals surface area contributed by atoms with Crippen molar-refractivity contribution in [2.24, 2.45) is 7.05 Å². The fourth-order valence-corrected chi connectivity index (χ4v) is 5.14. The zero-order chi connectivity index (χ0) is 22.2. The summed E-state index contributed by atoms with van der Waals surface area (Å²) >= 11 is 13.4. The number of imidazole rings is 1. The molecule has 160 valence electrons. The molecule has 3 rings (SSSR count). The normalized spacial score (nSPS) is 13.0. The second kappa shape index (κ2) is 8.76. The van der Waals surface area contributed by atoms with E-state index in [1.54, 1.807) is 25.1 Å². The summed E-state index contributed by atoms with van der Waals surface area (Å²) in [5, 5.41) is 3.60. The molecule has 1 heterocycles. The molecule has 0 aliphatic rings. The van der Waals surface area contributed by atoms with Gasteiger partial charge in [0.05, 0.1) is 21.3 Å². The van der Waals surface area contributed by atoms with Gasteiger partial charge in [0.1, 0.15) is 4.90 Å². The third-order valence-electron chi connectivity index (χ3n) is 4.41. The number of thioether (sulfide) groups is 1. The molecular formula is C19H20Cl2N4O3S2. The fourth-order valence-electron chi connectivity index (χ4n) is 2.69. The first-order valence-electron chi connectivity index (χ1n) is 8.82. The van der Waals surface area contributed by atoms with Crippen LogP contribution in [0.3, 0.4) is 0 Å². The molecule has 1 aromatic heterocycles. The Kier molecular flexibility index (Phi) is 6.69. The second-order valence-electron chi connectivity index (χ2n) is 6.77. The molecule has 11 heteroatoms. The van der Waals surface area contributed by atoms with Crippen molar-refractivity contribution in [1.82, 2.24) is 13.9 Å². The number of aromatic nitrogens is 2. The van der Waals surface area contributed by atoms with Crippen molar-refractivity contribution in [3.63, 3.8) is 0 Å². The van der Waals surface area contributed by atoms with Crippen LogP contribution in [0.1, 0.15) is 6.92 Å². The van der Waals surface area contributed by atoms with Crippen molar-refractivity contribution >= 4 is 67.6 Å². The lowest BCUT2D eigenvalue weighted by Gasteiger charge is -2.15. The van der Waals surface area contributed by atoms with Gasteiger partial charge in [0.25, 0.3) is 0 Å². The molecule has 0 radical (unpaired) electrons. The molecular weight excluding hydrogens is 467 g/mol. The predicted molar refractivity (Wildman–Crippen MR) is 122 cm³/mol. The first-order valence-corrected chi connectivity index (χ1v) is 11.9. The Morgan fingerprint density at radius 2 is 1.90 bits per heavy atom. The first kappa shape index (κ1) is 22.9. The molecule has 1 unspecified atom stereocenters. The number of anilines is 1. The minimum Gasteiger partial charge on any atom is -0.325 e. The van der Waals surface area contributed by atoms with Gasteiger partial charge in [-0.05, 0) is 43.3 Å². The summed E-state index contributed by atoms with van der Waals surface area (Å²) in [4.78, 5) is 17.2. The topological polar surface area (TPSA) is 84.3 Å². The smallest absolute Gasteiger partial charge is 0.244 e. The highest BCUT2D eigenvalue weighted by atomic mass is 35.5. The number of aryl methyl sites for hydroxylation is 1. The van der Waals surface area contributed by atoms with E-state index in [1.807, 2.05) is 17.7 Å². The number of hydrogen-bond donors (Lipinski definition) is 1. The summed E-state index contributed by atoms with van der Waals surface area (Å²) in [6, 6.07) is 9.79.